The smallest absolute Gasteiger partial charge is 0.305 e. The van der Waals surface area contributed by atoms with Gasteiger partial charge in [0, 0.05) is 17.7 Å². The van der Waals surface area contributed by atoms with Gasteiger partial charge >= 0.3 is 5.97 Å². The summed E-state index contributed by atoms with van der Waals surface area (Å²) < 4.78 is 10.4. The zero-order chi connectivity index (χ0) is 22.8. The molecule has 32 heavy (non-hydrogen) atoms. The van der Waals surface area contributed by atoms with Crippen LogP contribution in [-0.2, 0) is 25.5 Å². The average Bonchev–Trinajstić information content (AvgIpc) is 2.96. The number of rotatable bonds is 7. The topological polar surface area (TPSA) is 106 Å². The number of ether oxygens (including phenoxy) is 2. The zero-order valence-corrected chi connectivity index (χ0v) is 19.4. The molecule has 170 valence electrons. The number of carbonyl (C=O) groups excluding carboxylic acids is 2. The third-order valence-corrected chi connectivity index (χ3v) is 5.49. The Bertz CT molecular complexity index is 1040. The molecule has 3 rings (SSSR count). The van der Waals surface area contributed by atoms with Crippen molar-refractivity contribution in [2.45, 2.75) is 32.2 Å². The lowest BCUT2D eigenvalue weighted by atomic mass is 9.97. The standard InChI is InChI=1S/C24H27N3O4.ClH/c1-24(2)21(31-4)20(16-8-5-15(6-9-16)7-14-19(28)30-3)23(29)27(24)18-12-10-17(11-13-18)22(25)26;/h5-6,8-13H,7,14H2,1-4H3,(H3,25,26);1H. The molecule has 1 aliphatic rings. The number of benzene rings is 2. The monoisotopic (exact) mass is 457 g/mol. The van der Waals surface area contributed by atoms with Gasteiger partial charge in [-0.15, -0.1) is 12.4 Å². The van der Waals surface area contributed by atoms with Gasteiger partial charge in [-0.3, -0.25) is 19.9 Å². The maximum Gasteiger partial charge on any atom is 0.305 e. The van der Waals surface area contributed by atoms with Crippen LogP contribution in [0.2, 0.25) is 0 Å². The van der Waals surface area contributed by atoms with Gasteiger partial charge in [0.1, 0.15) is 17.1 Å². The predicted octanol–water partition coefficient (Wildman–Crippen LogP) is 3.68. The van der Waals surface area contributed by atoms with Crippen LogP contribution in [0.5, 0.6) is 0 Å². The Morgan fingerprint density at radius 3 is 2.16 bits per heavy atom. The van der Waals surface area contributed by atoms with Crippen LogP contribution >= 0.6 is 12.4 Å². The van der Waals surface area contributed by atoms with Crippen molar-refractivity contribution in [2.24, 2.45) is 5.73 Å². The normalized spacial score (nSPS) is 14.8. The molecule has 2 aromatic rings. The highest BCUT2D eigenvalue weighted by molar-refractivity contribution is 6.30. The van der Waals surface area contributed by atoms with Crippen LogP contribution in [0.25, 0.3) is 5.57 Å². The van der Waals surface area contributed by atoms with Crippen LogP contribution in [0, 0.1) is 5.41 Å². The number of nitrogens with zero attached hydrogens (tertiary/aromatic N) is 1. The second kappa shape index (κ2) is 9.87. The fraction of sp³-hybridized carbons (Fsp3) is 0.292. The first-order chi connectivity index (χ1) is 14.7. The highest BCUT2D eigenvalue weighted by atomic mass is 35.5. The number of amides is 1. The lowest BCUT2D eigenvalue weighted by Crippen LogP contribution is -2.44. The van der Waals surface area contributed by atoms with Crippen molar-refractivity contribution in [3.63, 3.8) is 0 Å². The number of nitrogen functional groups attached to an aromatic ring is 1. The third-order valence-electron chi connectivity index (χ3n) is 5.49. The SMILES string of the molecule is COC(=O)CCc1ccc(C2=C(OC)C(C)(C)N(c3ccc(C(=N)N)cc3)C2=O)cc1.Cl. The van der Waals surface area contributed by atoms with Gasteiger partial charge in [0.15, 0.2) is 0 Å². The van der Waals surface area contributed by atoms with Crippen molar-refractivity contribution in [2.75, 3.05) is 19.1 Å². The Hall–Kier alpha value is -3.32. The molecule has 1 aliphatic heterocycles. The number of hydrogen-bond acceptors (Lipinski definition) is 5. The number of carbonyl (C=O) groups is 2. The molecule has 0 fully saturated rings. The molecule has 1 amide bonds. The Morgan fingerprint density at radius 1 is 1.06 bits per heavy atom. The van der Waals surface area contributed by atoms with Gasteiger partial charge in [-0.05, 0) is 55.7 Å². The quantitative estimate of drug-likeness (QED) is 0.375. The fourth-order valence-corrected chi connectivity index (χ4v) is 3.89. The van der Waals surface area contributed by atoms with Crippen LogP contribution < -0.4 is 10.6 Å². The first-order valence-corrected chi connectivity index (χ1v) is 9.94. The second-order valence-corrected chi connectivity index (χ2v) is 7.84. The zero-order valence-electron chi connectivity index (χ0n) is 18.6. The molecule has 0 aliphatic carbocycles. The van der Waals surface area contributed by atoms with Gasteiger partial charge in [0.2, 0.25) is 0 Å². The number of aryl methyl sites for hydroxylation is 1. The Labute approximate surface area is 194 Å². The number of anilines is 1. The number of hydrogen-bond donors (Lipinski definition) is 2. The Balaban J connectivity index is 0.00000363. The fourth-order valence-electron chi connectivity index (χ4n) is 3.89. The molecule has 0 saturated carbocycles. The predicted molar refractivity (Wildman–Crippen MR) is 127 cm³/mol. The Morgan fingerprint density at radius 2 is 1.66 bits per heavy atom. The van der Waals surface area contributed by atoms with Crippen molar-refractivity contribution in [1.29, 1.82) is 5.41 Å². The minimum Gasteiger partial charge on any atom is -0.498 e. The van der Waals surface area contributed by atoms with Gasteiger partial charge in [-0.2, -0.15) is 0 Å². The summed E-state index contributed by atoms with van der Waals surface area (Å²) in [5, 5.41) is 7.56. The minimum atomic E-state index is -0.706. The molecule has 3 N–H and O–H groups in total. The van der Waals surface area contributed by atoms with E-state index < -0.39 is 5.54 Å². The number of esters is 1. The lowest BCUT2D eigenvalue weighted by molar-refractivity contribution is -0.140. The molecule has 0 atom stereocenters. The van der Waals surface area contributed by atoms with Crippen LogP contribution in [0.4, 0.5) is 5.69 Å². The van der Waals surface area contributed by atoms with Crippen LogP contribution in [0.15, 0.2) is 54.3 Å². The summed E-state index contributed by atoms with van der Waals surface area (Å²) in [6.07, 6.45) is 0.870. The third kappa shape index (κ3) is 4.62. The molecule has 0 radical (unpaired) electrons. The van der Waals surface area contributed by atoms with Crippen LogP contribution in [-0.4, -0.2) is 37.5 Å². The van der Waals surface area contributed by atoms with E-state index in [1.54, 1.807) is 36.3 Å². The molecule has 0 bridgehead atoms. The molecular formula is C24H28ClN3O4. The van der Waals surface area contributed by atoms with Crippen molar-refractivity contribution in [3.8, 4) is 0 Å². The number of nitrogens with two attached hydrogens (primary N) is 1. The van der Waals surface area contributed by atoms with Crippen LogP contribution in [0.3, 0.4) is 0 Å². The van der Waals surface area contributed by atoms with Gasteiger partial charge in [0.05, 0.1) is 19.8 Å². The minimum absolute atomic E-state index is 0. The second-order valence-electron chi connectivity index (χ2n) is 7.84. The van der Waals surface area contributed by atoms with E-state index >= 15 is 0 Å². The van der Waals surface area contributed by atoms with E-state index in [0.717, 1.165) is 11.1 Å². The molecule has 7 nitrogen and oxygen atoms in total. The Kier molecular flexibility index (Phi) is 7.69. The first kappa shape index (κ1) is 24.9. The largest absolute Gasteiger partial charge is 0.498 e. The summed E-state index contributed by atoms with van der Waals surface area (Å²) in [7, 11) is 2.94. The van der Waals surface area contributed by atoms with E-state index in [4.69, 9.17) is 15.9 Å². The molecular weight excluding hydrogens is 430 g/mol. The summed E-state index contributed by atoms with van der Waals surface area (Å²) in [4.78, 5) is 26.6. The summed E-state index contributed by atoms with van der Waals surface area (Å²) in [6, 6.07) is 14.6. The molecule has 0 unspecified atom stereocenters. The van der Waals surface area contributed by atoms with E-state index in [2.05, 4.69) is 4.74 Å². The van der Waals surface area contributed by atoms with Gasteiger partial charge in [-0.25, -0.2) is 0 Å². The van der Waals surface area contributed by atoms with Gasteiger partial charge < -0.3 is 15.2 Å². The van der Waals surface area contributed by atoms with Gasteiger partial charge in [-0.1, -0.05) is 24.3 Å². The van der Waals surface area contributed by atoms with Crippen molar-refractivity contribution in [1.82, 2.24) is 0 Å². The van der Waals surface area contributed by atoms with Crippen molar-refractivity contribution >= 4 is 41.4 Å². The van der Waals surface area contributed by atoms with E-state index in [1.165, 1.54) is 7.11 Å². The average molecular weight is 458 g/mol. The lowest BCUT2D eigenvalue weighted by Gasteiger charge is -2.33. The van der Waals surface area contributed by atoms with Crippen molar-refractivity contribution in [3.05, 3.63) is 71.0 Å². The van der Waals surface area contributed by atoms with E-state index in [1.807, 2.05) is 38.1 Å². The van der Waals surface area contributed by atoms with E-state index in [-0.39, 0.29) is 30.1 Å². The first-order valence-electron chi connectivity index (χ1n) is 9.94. The molecule has 0 aromatic heterocycles. The van der Waals surface area contributed by atoms with Crippen molar-refractivity contribution < 1.29 is 19.1 Å². The number of halogens is 1. The molecule has 0 spiro atoms. The molecule has 0 saturated heterocycles. The molecule has 2 aromatic carbocycles. The molecule has 1 heterocycles. The maximum absolute atomic E-state index is 13.5. The summed E-state index contributed by atoms with van der Waals surface area (Å²) in [5.41, 5.74) is 8.36. The number of nitrogens with one attached hydrogen (secondary N) is 1. The summed E-state index contributed by atoms with van der Waals surface area (Å²) in [6.45, 7) is 3.86. The van der Waals surface area contributed by atoms with E-state index in [0.29, 0.717) is 35.4 Å². The van der Waals surface area contributed by atoms with E-state index in [9.17, 15) is 9.59 Å². The maximum atomic E-state index is 13.5. The highest BCUT2D eigenvalue weighted by Gasteiger charge is 2.47. The number of methoxy groups -OCH3 is 2. The van der Waals surface area contributed by atoms with Gasteiger partial charge in [0.25, 0.3) is 5.91 Å². The van der Waals surface area contributed by atoms with Crippen LogP contribution in [0.1, 0.15) is 37.0 Å². The summed E-state index contributed by atoms with van der Waals surface area (Å²) in [5.74, 6) is 0.130. The highest BCUT2D eigenvalue weighted by Crippen LogP contribution is 2.43. The molecule has 8 heteroatoms. The number of amidine groups is 1. The summed E-state index contributed by atoms with van der Waals surface area (Å²) >= 11 is 0.